The van der Waals surface area contributed by atoms with E-state index in [4.69, 9.17) is 19.6 Å². The first-order chi connectivity index (χ1) is 7.76. The van der Waals surface area contributed by atoms with Gasteiger partial charge in [0.1, 0.15) is 24.4 Å². The second kappa shape index (κ2) is 5.70. The number of rotatable bonds is 4. The molecule has 1 fully saturated rings. The van der Waals surface area contributed by atoms with Crippen molar-refractivity contribution < 1.29 is 44.3 Å². The van der Waals surface area contributed by atoms with E-state index in [0.29, 0.717) is 0 Å². The molecule has 6 N–H and O–H groups in total. The third-order valence-electron chi connectivity index (χ3n) is 2.26. The molecule has 17 heavy (non-hydrogen) atoms. The molecule has 0 saturated carbocycles. The van der Waals surface area contributed by atoms with Crippen LogP contribution >= 0.6 is 7.60 Å². The van der Waals surface area contributed by atoms with Gasteiger partial charge in [0, 0.05) is 0 Å². The molecule has 0 aliphatic carbocycles. The Balaban J connectivity index is 2.62. The van der Waals surface area contributed by atoms with Crippen LogP contribution in [0.1, 0.15) is 0 Å². The molecule has 9 nitrogen and oxygen atoms in total. The van der Waals surface area contributed by atoms with Crippen LogP contribution in [0.25, 0.3) is 0 Å². The molecule has 5 atom stereocenters. The van der Waals surface area contributed by atoms with Gasteiger partial charge in [-0.15, -0.1) is 0 Å². The summed E-state index contributed by atoms with van der Waals surface area (Å²) in [6.45, 7) is -0.638. The van der Waals surface area contributed by atoms with Crippen LogP contribution in [0.15, 0.2) is 0 Å². The number of hydrogen-bond acceptors (Lipinski definition) is 7. The van der Waals surface area contributed by atoms with Gasteiger partial charge in [-0.3, -0.25) is 4.57 Å². The van der Waals surface area contributed by atoms with E-state index < -0.39 is 51.3 Å². The normalized spacial score (nSPS) is 39.3. The molecule has 0 aromatic rings. The minimum atomic E-state index is -4.44. The number of aliphatic hydroxyl groups excluding tert-OH is 4. The molecule has 1 saturated heterocycles. The Hall–Kier alpha value is -0.0900. The molecule has 0 aromatic heterocycles. The van der Waals surface area contributed by atoms with Crippen LogP contribution in [0.3, 0.4) is 0 Å². The van der Waals surface area contributed by atoms with E-state index in [-0.39, 0.29) is 0 Å². The number of hydrogen-bond donors (Lipinski definition) is 6. The quantitative estimate of drug-likeness (QED) is 0.293. The summed E-state index contributed by atoms with van der Waals surface area (Å²) in [6, 6.07) is 0. The fourth-order valence-corrected chi connectivity index (χ4v) is 1.72. The van der Waals surface area contributed by atoms with Crippen LogP contribution in [-0.4, -0.2) is 73.9 Å². The second-order valence-electron chi connectivity index (χ2n) is 3.66. The molecule has 102 valence electrons. The highest BCUT2D eigenvalue weighted by molar-refractivity contribution is 7.51. The highest BCUT2D eigenvalue weighted by Gasteiger charge is 2.44. The van der Waals surface area contributed by atoms with Crippen LogP contribution in [0.2, 0.25) is 0 Å². The van der Waals surface area contributed by atoms with E-state index in [9.17, 15) is 19.9 Å². The average molecular weight is 274 g/mol. The van der Waals surface area contributed by atoms with Gasteiger partial charge >= 0.3 is 7.60 Å². The van der Waals surface area contributed by atoms with Crippen LogP contribution in [0.4, 0.5) is 0 Å². The Morgan fingerprint density at radius 1 is 1.12 bits per heavy atom. The van der Waals surface area contributed by atoms with Crippen molar-refractivity contribution >= 4 is 7.60 Å². The Labute approximate surface area is 96.4 Å². The van der Waals surface area contributed by atoms with Crippen molar-refractivity contribution in [2.75, 3.05) is 13.0 Å². The van der Waals surface area contributed by atoms with Crippen LogP contribution in [-0.2, 0) is 14.0 Å². The van der Waals surface area contributed by atoms with E-state index in [0.717, 1.165) is 0 Å². The largest absolute Gasteiger partial charge is 0.394 e. The molecule has 1 rings (SSSR count). The molecule has 0 aromatic carbocycles. The van der Waals surface area contributed by atoms with E-state index in [1.165, 1.54) is 0 Å². The summed E-state index contributed by atoms with van der Waals surface area (Å²) in [4.78, 5) is 17.1. The van der Waals surface area contributed by atoms with Gasteiger partial charge in [0.2, 0.25) is 0 Å². The lowest BCUT2D eigenvalue weighted by molar-refractivity contribution is -0.297. The van der Waals surface area contributed by atoms with Crippen molar-refractivity contribution in [1.29, 1.82) is 0 Å². The molecule has 0 radical (unpaired) electrons. The van der Waals surface area contributed by atoms with Crippen LogP contribution in [0.5, 0.6) is 0 Å². The monoisotopic (exact) mass is 274 g/mol. The molecule has 0 spiro atoms. The summed E-state index contributed by atoms with van der Waals surface area (Å²) in [5, 5.41) is 37.0. The lowest BCUT2D eigenvalue weighted by Gasteiger charge is -2.39. The predicted molar refractivity (Wildman–Crippen MR) is 51.8 cm³/mol. The molecule has 0 unspecified atom stereocenters. The third-order valence-corrected chi connectivity index (χ3v) is 2.74. The molecule has 0 bridgehead atoms. The predicted octanol–water partition coefficient (Wildman–Crippen LogP) is -3.06. The highest BCUT2D eigenvalue weighted by atomic mass is 31.2. The molecule has 0 amide bonds. The standard InChI is InChI=1S/C7H15O9P/c8-1-3-4(9)5(10)6(11)7(16-3)15-2-17(12,13)14/h3-11H,1-2H2,(H2,12,13,14)/t3-,4-,5+,6+,7+/m1/s1. The SMILES string of the molecule is O=P(O)(O)CO[C@H]1O[C@H](CO)[C@@H](O)[C@H](O)[C@@H]1O. The maximum absolute atomic E-state index is 10.5. The average Bonchev–Trinajstić information content (AvgIpc) is 2.24. The van der Waals surface area contributed by atoms with Crippen molar-refractivity contribution in [3.05, 3.63) is 0 Å². The zero-order valence-electron chi connectivity index (χ0n) is 8.66. The highest BCUT2D eigenvalue weighted by Crippen LogP contribution is 2.35. The van der Waals surface area contributed by atoms with Gasteiger partial charge in [-0.1, -0.05) is 0 Å². The molecule has 1 aliphatic rings. The zero-order chi connectivity index (χ0) is 13.2. The molecular weight excluding hydrogens is 259 g/mol. The third kappa shape index (κ3) is 3.95. The lowest BCUT2D eigenvalue weighted by atomic mass is 9.99. The number of aliphatic hydroxyl groups is 4. The van der Waals surface area contributed by atoms with Crippen molar-refractivity contribution in [1.82, 2.24) is 0 Å². The molecule has 1 aliphatic heterocycles. The van der Waals surface area contributed by atoms with E-state index in [2.05, 4.69) is 4.74 Å². The summed E-state index contributed by atoms with van der Waals surface area (Å²) >= 11 is 0. The maximum Gasteiger partial charge on any atom is 0.351 e. The van der Waals surface area contributed by atoms with Gasteiger partial charge in [-0.25, -0.2) is 0 Å². The van der Waals surface area contributed by atoms with Gasteiger partial charge in [0.05, 0.1) is 6.61 Å². The lowest BCUT2D eigenvalue weighted by Crippen LogP contribution is -2.59. The van der Waals surface area contributed by atoms with E-state index >= 15 is 0 Å². The Morgan fingerprint density at radius 2 is 1.71 bits per heavy atom. The van der Waals surface area contributed by atoms with Gasteiger partial charge < -0.3 is 39.7 Å². The minimum absolute atomic E-state index is 0.638. The minimum Gasteiger partial charge on any atom is -0.394 e. The first-order valence-corrected chi connectivity index (χ1v) is 6.52. The fraction of sp³-hybridized carbons (Fsp3) is 1.00. The Morgan fingerprint density at radius 3 is 2.18 bits per heavy atom. The van der Waals surface area contributed by atoms with E-state index in [1.54, 1.807) is 0 Å². The van der Waals surface area contributed by atoms with E-state index in [1.807, 2.05) is 0 Å². The summed E-state index contributed by atoms with van der Waals surface area (Å²) in [5.74, 6) is 0. The number of ether oxygens (including phenoxy) is 2. The van der Waals surface area contributed by atoms with Gasteiger partial charge in [-0.05, 0) is 0 Å². The second-order valence-corrected chi connectivity index (χ2v) is 5.25. The van der Waals surface area contributed by atoms with Crippen molar-refractivity contribution in [2.45, 2.75) is 30.7 Å². The van der Waals surface area contributed by atoms with Crippen LogP contribution < -0.4 is 0 Å². The maximum atomic E-state index is 10.5. The molecular formula is C7H15O9P. The molecule has 1 heterocycles. The van der Waals surface area contributed by atoms with Gasteiger partial charge in [0.15, 0.2) is 12.6 Å². The van der Waals surface area contributed by atoms with Gasteiger partial charge in [-0.2, -0.15) is 0 Å². The summed E-state index contributed by atoms with van der Waals surface area (Å²) in [7, 11) is -4.44. The Kier molecular flexibility index (Phi) is 5.02. The van der Waals surface area contributed by atoms with Crippen LogP contribution in [0, 0.1) is 0 Å². The van der Waals surface area contributed by atoms with Gasteiger partial charge in [0.25, 0.3) is 0 Å². The smallest absolute Gasteiger partial charge is 0.351 e. The van der Waals surface area contributed by atoms with Crippen molar-refractivity contribution in [3.63, 3.8) is 0 Å². The fourth-order valence-electron chi connectivity index (χ4n) is 1.38. The molecule has 10 heteroatoms. The summed E-state index contributed by atoms with van der Waals surface area (Å²) in [5.41, 5.74) is 0. The topological polar surface area (TPSA) is 157 Å². The van der Waals surface area contributed by atoms with Crippen molar-refractivity contribution in [2.24, 2.45) is 0 Å². The first-order valence-electron chi connectivity index (χ1n) is 4.73. The summed E-state index contributed by atoms with van der Waals surface area (Å²) < 4.78 is 20.0. The Bertz CT molecular complexity index is 289. The van der Waals surface area contributed by atoms with Crippen molar-refractivity contribution in [3.8, 4) is 0 Å². The zero-order valence-corrected chi connectivity index (χ0v) is 9.55. The summed E-state index contributed by atoms with van der Waals surface area (Å²) in [6.07, 6.45) is -8.55. The first kappa shape index (κ1) is 15.0.